The van der Waals surface area contributed by atoms with E-state index in [0.29, 0.717) is 18.5 Å². The lowest BCUT2D eigenvalue weighted by Gasteiger charge is -2.17. The predicted molar refractivity (Wildman–Crippen MR) is 70.1 cm³/mol. The normalized spacial score (nSPS) is 14.5. The van der Waals surface area contributed by atoms with E-state index in [2.05, 4.69) is 26.1 Å². The summed E-state index contributed by atoms with van der Waals surface area (Å²) in [6.07, 6.45) is 2.33. The van der Waals surface area contributed by atoms with Crippen LogP contribution in [0.4, 0.5) is 0 Å². The number of aromatic hydroxyl groups is 2. The van der Waals surface area contributed by atoms with Crippen molar-refractivity contribution >= 4 is 0 Å². The van der Waals surface area contributed by atoms with Crippen molar-refractivity contribution in [2.45, 2.75) is 46.2 Å². The lowest BCUT2D eigenvalue weighted by atomic mass is 10.0. The SMILES string of the molecule is CCC(C)CC(C)NCc1ccc(O)cc1O. The Labute approximate surface area is 103 Å². The monoisotopic (exact) mass is 237 g/mol. The number of phenols is 2. The van der Waals surface area contributed by atoms with Gasteiger partial charge >= 0.3 is 0 Å². The van der Waals surface area contributed by atoms with Crippen molar-refractivity contribution in [2.24, 2.45) is 5.92 Å². The summed E-state index contributed by atoms with van der Waals surface area (Å²) < 4.78 is 0. The van der Waals surface area contributed by atoms with Crippen LogP contribution in [0.25, 0.3) is 0 Å². The Morgan fingerprint density at radius 2 is 1.94 bits per heavy atom. The smallest absolute Gasteiger partial charge is 0.123 e. The molecule has 2 atom stereocenters. The summed E-state index contributed by atoms with van der Waals surface area (Å²) in [6.45, 7) is 7.23. The molecule has 3 N–H and O–H groups in total. The van der Waals surface area contributed by atoms with Crippen LogP contribution in [-0.2, 0) is 6.54 Å². The molecule has 0 saturated carbocycles. The molecule has 1 aromatic rings. The molecule has 1 aromatic carbocycles. The summed E-state index contributed by atoms with van der Waals surface area (Å²) in [5.41, 5.74) is 0.818. The fraction of sp³-hybridized carbons (Fsp3) is 0.571. The molecule has 0 fully saturated rings. The van der Waals surface area contributed by atoms with E-state index in [1.54, 1.807) is 12.1 Å². The molecule has 0 aliphatic rings. The molecule has 0 bridgehead atoms. The van der Waals surface area contributed by atoms with Gasteiger partial charge in [-0.2, -0.15) is 0 Å². The molecule has 3 nitrogen and oxygen atoms in total. The average molecular weight is 237 g/mol. The van der Waals surface area contributed by atoms with Gasteiger partial charge in [0.25, 0.3) is 0 Å². The van der Waals surface area contributed by atoms with Crippen LogP contribution in [0, 0.1) is 5.92 Å². The van der Waals surface area contributed by atoms with Crippen LogP contribution in [-0.4, -0.2) is 16.3 Å². The third-order valence-electron chi connectivity index (χ3n) is 3.16. The maximum absolute atomic E-state index is 9.63. The highest BCUT2D eigenvalue weighted by molar-refractivity contribution is 5.38. The summed E-state index contributed by atoms with van der Waals surface area (Å²) in [7, 11) is 0. The first-order valence-corrected chi connectivity index (χ1v) is 6.27. The zero-order valence-corrected chi connectivity index (χ0v) is 10.9. The number of hydrogen-bond donors (Lipinski definition) is 3. The Kier molecular flexibility index (Phi) is 5.29. The predicted octanol–water partition coefficient (Wildman–Crippen LogP) is 3.01. The van der Waals surface area contributed by atoms with Gasteiger partial charge < -0.3 is 15.5 Å². The van der Waals surface area contributed by atoms with Crippen LogP contribution in [0.5, 0.6) is 11.5 Å². The van der Waals surface area contributed by atoms with E-state index in [1.807, 2.05) is 0 Å². The van der Waals surface area contributed by atoms with Crippen LogP contribution in [0.15, 0.2) is 18.2 Å². The van der Waals surface area contributed by atoms with Crippen molar-refractivity contribution in [3.05, 3.63) is 23.8 Å². The minimum atomic E-state index is 0.0962. The lowest BCUT2D eigenvalue weighted by molar-refractivity contribution is 0.404. The molecule has 0 aliphatic heterocycles. The minimum absolute atomic E-state index is 0.0962. The summed E-state index contributed by atoms with van der Waals surface area (Å²) in [5.74, 6) is 0.957. The molecule has 0 saturated heterocycles. The molecular weight excluding hydrogens is 214 g/mol. The lowest BCUT2D eigenvalue weighted by Crippen LogP contribution is -2.27. The number of benzene rings is 1. The van der Waals surface area contributed by atoms with Crippen LogP contribution in [0.1, 0.15) is 39.2 Å². The molecule has 0 aliphatic carbocycles. The van der Waals surface area contributed by atoms with Gasteiger partial charge in [-0.25, -0.2) is 0 Å². The van der Waals surface area contributed by atoms with Crippen molar-refractivity contribution in [3.8, 4) is 11.5 Å². The second kappa shape index (κ2) is 6.50. The van der Waals surface area contributed by atoms with E-state index in [0.717, 1.165) is 12.0 Å². The van der Waals surface area contributed by atoms with Gasteiger partial charge in [0.05, 0.1) is 0 Å². The quantitative estimate of drug-likeness (QED) is 0.713. The van der Waals surface area contributed by atoms with E-state index >= 15 is 0 Å². The van der Waals surface area contributed by atoms with Crippen LogP contribution in [0.2, 0.25) is 0 Å². The Morgan fingerprint density at radius 1 is 1.24 bits per heavy atom. The summed E-state index contributed by atoms with van der Waals surface area (Å²) in [5, 5.41) is 22.2. The van der Waals surface area contributed by atoms with Crippen molar-refractivity contribution < 1.29 is 10.2 Å². The van der Waals surface area contributed by atoms with Crippen LogP contribution < -0.4 is 5.32 Å². The summed E-state index contributed by atoms with van der Waals surface area (Å²) >= 11 is 0. The van der Waals surface area contributed by atoms with E-state index in [4.69, 9.17) is 0 Å². The second-order valence-electron chi connectivity index (χ2n) is 4.84. The maximum atomic E-state index is 9.63. The first-order chi connectivity index (χ1) is 8.02. The largest absolute Gasteiger partial charge is 0.508 e. The average Bonchev–Trinajstić information content (AvgIpc) is 2.27. The molecular formula is C14H23NO2. The van der Waals surface area contributed by atoms with Crippen molar-refractivity contribution in [1.82, 2.24) is 5.32 Å². The summed E-state index contributed by atoms with van der Waals surface area (Å²) in [4.78, 5) is 0. The van der Waals surface area contributed by atoms with Gasteiger partial charge in [0.2, 0.25) is 0 Å². The number of phenolic OH excluding ortho intramolecular Hbond substituents is 2. The fourth-order valence-electron chi connectivity index (χ4n) is 1.84. The third kappa shape index (κ3) is 4.65. The van der Waals surface area contributed by atoms with Crippen molar-refractivity contribution in [3.63, 3.8) is 0 Å². The number of rotatable bonds is 6. The van der Waals surface area contributed by atoms with E-state index in [9.17, 15) is 10.2 Å². The highest BCUT2D eigenvalue weighted by Crippen LogP contribution is 2.22. The topological polar surface area (TPSA) is 52.5 Å². The fourth-order valence-corrected chi connectivity index (χ4v) is 1.84. The summed E-state index contributed by atoms with van der Waals surface area (Å²) in [6, 6.07) is 5.14. The maximum Gasteiger partial charge on any atom is 0.123 e. The third-order valence-corrected chi connectivity index (χ3v) is 3.16. The van der Waals surface area contributed by atoms with E-state index in [1.165, 1.54) is 12.5 Å². The molecule has 0 aromatic heterocycles. The zero-order chi connectivity index (χ0) is 12.8. The minimum Gasteiger partial charge on any atom is -0.508 e. The van der Waals surface area contributed by atoms with Gasteiger partial charge in [-0.05, 0) is 25.3 Å². The molecule has 0 radical (unpaired) electrons. The van der Waals surface area contributed by atoms with E-state index < -0.39 is 0 Å². The Morgan fingerprint density at radius 3 is 2.53 bits per heavy atom. The Hall–Kier alpha value is -1.22. The Balaban J connectivity index is 2.44. The standard InChI is InChI=1S/C14H23NO2/c1-4-10(2)7-11(3)15-9-12-5-6-13(16)8-14(12)17/h5-6,8,10-11,15-17H,4,7,9H2,1-3H3. The molecule has 0 spiro atoms. The van der Waals surface area contributed by atoms with Crippen LogP contribution in [0.3, 0.4) is 0 Å². The van der Waals surface area contributed by atoms with Gasteiger partial charge in [0, 0.05) is 24.2 Å². The first kappa shape index (κ1) is 13.8. The van der Waals surface area contributed by atoms with Gasteiger partial charge in [0.15, 0.2) is 0 Å². The van der Waals surface area contributed by atoms with Crippen molar-refractivity contribution in [2.75, 3.05) is 0 Å². The van der Waals surface area contributed by atoms with Crippen molar-refractivity contribution in [1.29, 1.82) is 0 Å². The van der Waals surface area contributed by atoms with Crippen LogP contribution >= 0.6 is 0 Å². The molecule has 96 valence electrons. The second-order valence-corrected chi connectivity index (χ2v) is 4.84. The molecule has 2 unspecified atom stereocenters. The number of nitrogens with one attached hydrogen (secondary N) is 1. The highest BCUT2D eigenvalue weighted by Gasteiger charge is 2.08. The van der Waals surface area contributed by atoms with E-state index in [-0.39, 0.29) is 11.5 Å². The van der Waals surface area contributed by atoms with Gasteiger partial charge in [-0.15, -0.1) is 0 Å². The molecule has 17 heavy (non-hydrogen) atoms. The zero-order valence-electron chi connectivity index (χ0n) is 10.9. The molecule has 0 amide bonds. The van der Waals surface area contributed by atoms with Gasteiger partial charge in [0.1, 0.15) is 11.5 Å². The molecule has 1 rings (SSSR count). The highest BCUT2D eigenvalue weighted by atomic mass is 16.3. The number of hydrogen-bond acceptors (Lipinski definition) is 3. The Bertz CT molecular complexity index is 352. The molecule has 0 heterocycles. The first-order valence-electron chi connectivity index (χ1n) is 6.27. The van der Waals surface area contributed by atoms with Gasteiger partial charge in [-0.3, -0.25) is 0 Å². The van der Waals surface area contributed by atoms with Gasteiger partial charge in [-0.1, -0.05) is 26.3 Å². The molecule has 3 heteroatoms.